The van der Waals surface area contributed by atoms with Gasteiger partial charge in [0, 0.05) is 24.2 Å². The molecule has 3 rings (SSSR count). The number of hydrogen-bond donors (Lipinski definition) is 1. The van der Waals surface area contributed by atoms with E-state index in [1.54, 1.807) is 0 Å². The largest absolute Gasteiger partial charge is 0.296 e. The zero-order valence-electron chi connectivity index (χ0n) is 11.4. The average molecular weight is 306 g/mol. The number of rotatable bonds is 4. The molecule has 2 aromatic heterocycles. The van der Waals surface area contributed by atoms with Gasteiger partial charge in [-0.1, -0.05) is 37.0 Å². The first kappa shape index (κ1) is 14.1. The molecule has 0 radical (unpaired) electrons. The molecular formula is C14H15FN4OS. The molecule has 0 unspecified atom stereocenters. The number of anilines is 1. The second kappa shape index (κ2) is 6.26. The van der Waals surface area contributed by atoms with E-state index in [1.807, 2.05) is 0 Å². The maximum absolute atomic E-state index is 13.0. The van der Waals surface area contributed by atoms with Gasteiger partial charge in [0.05, 0.1) is 0 Å². The van der Waals surface area contributed by atoms with Crippen LogP contribution in [-0.2, 0) is 6.42 Å². The van der Waals surface area contributed by atoms with Gasteiger partial charge in [0.15, 0.2) is 0 Å². The van der Waals surface area contributed by atoms with E-state index in [0.29, 0.717) is 11.0 Å². The van der Waals surface area contributed by atoms with Crippen molar-refractivity contribution in [2.75, 3.05) is 5.32 Å². The van der Waals surface area contributed by atoms with E-state index in [0.717, 1.165) is 17.5 Å². The fourth-order valence-electron chi connectivity index (χ4n) is 2.56. The van der Waals surface area contributed by atoms with Gasteiger partial charge in [-0.25, -0.2) is 4.98 Å². The Morgan fingerprint density at radius 3 is 2.95 bits per heavy atom. The van der Waals surface area contributed by atoms with Crippen LogP contribution in [-0.4, -0.2) is 21.1 Å². The van der Waals surface area contributed by atoms with Crippen LogP contribution in [0.1, 0.15) is 41.0 Å². The van der Waals surface area contributed by atoms with Crippen molar-refractivity contribution in [3.8, 4) is 0 Å². The number of nitrogens with one attached hydrogen (secondary N) is 1. The lowest BCUT2D eigenvalue weighted by Crippen LogP contribution is -2.12. The highest BCUT2D eigenvalue weighted by Gasteiger charge is 2.18. The highest BCUT2D eigenvalue weighted by Crippen LogP contribution is 2.29. The fraction of sp³-hybridized carbons (Fsp3) is 0.429. The minimum absolute atomic E-state index is 0.218. The first-order chi connectivity index (χ1) is 10.2. The molecule has 1 aliphatic carbocycles. The zero-order valence-corrected chi connectivity index (χ0v) is 12.2. The van der Waals surface area contributed by atoms with E-state index >= 15 is 0 Å². The van der Waals surface area contributed by atoms with Gasteiger partial charge in [0.1, 0.15) is 5.01 Å². The van der Waals surface area contributed by atoms with Gasteiger partial charge in [-0.05, 0) is 12.0 Å². The third kappa shape index (κ3) is 3.60. The van der Waals surface area contributed by atoms with Crippen LogP contribution in [0.2, 0.25) is 0 Å². The van der Waals surface area contributed by atoms with E-state index in [-0.39, 0.29) is 5.56 Å². The number of carbonyl (C=O) groups excluding carboxylic acids is 1. The van der Waals surface area contributed by atoms with E-state index in [9.17, 15) is 9.18 Å². The molecular weight excluding hydrogens is 291 g/mol. The van der Waals surface area contributed by atoms with Crippen LogP contribution in [0, 0.1) is 11.9 Å². The van der Waals surface area contributed by atoms with Crippen molar-refractivity contribution < 1.29 is 9.18 Å². The summed E-state index contributed by atoms with van der Waals surface area (Å²) in [6.45, 7) is 0. The van der Waals surface area contributed by atoms with E-state index in [4.69, 9.17) is 0 Å². The molecule has 1 fully saturated rings. The summed E-state index contributed by atoms with van der Waals surface area (Å²) in [6, 6.07) is 2.55. The van der Waals surface area contributed by atoms with E-state index < -0.39 is 11.9 Å². The SMILES string of the molecule is O=C(Nc1nnc(CC2CCCC2)s1)c1ccnc(F)c1. The molecule has 110 valence electrons. The lowest BCUT2D eigenvalue weighted by molar-refractivity contribution is 0.102. The number of aromatic nitrogens is 3. The maximum Gasteiger partial charge on any atom is 0.257 e. The topological polar surface area (TPSA) is 67.8 Å². The Kier molecular flexibility index (Phi) is 4.19. The molecule has 0 saturated heterocycles. The number of pyridine rings is 1. The molecule has 5 nitrogen and oxygen atoms in total. The molecule has 0 aromatic carbocycles. The molecule has 1 saturated carbocycles. The molecule has 1 N–H and O–H groups in total. The van der Waals surface area contributed by atoms with Crippen molar-refractivity contribution in [2.45, 2.75) is 32.1 Å². The lowest BCUT2D eigenvalue weighted by Gasteiger charge is -2.03. The van der Waals surface area contributed by atoms with E-state index in [2.05, 4.69) is 20.5 Å². The summed E-state index contributed by atoms with van der Waals surface area (Å²) in [5, 5.41) is 12.1. The Hall–Kier alpha value is -1.89. The van der Waals surface area contributed by atoms with Gasteiger partial charge in [-0.3, -0.25) is 10.1 Å². The summed E-state index contributed by atoms with van der Waals surface area (Å²) in [5.74, 6) is -0.391. The predicted octanol–water partition coefficient (Wildman–Crippen LogP) is 3.06. The number of nitrogens with zero attached hydrogens (tertiary/aromatic N) is 3. The molecule has 0 spiro atoms. The molecule has 2 aromatic rings. The number of hydrogen-bond acceptors (Lipinski definition) is 5. The van der Waals surface area contributed by atoms with Crippen molar-refractivity contribution in [3.05, 3.63) is 34.8 Å². The smallest absolute Gasteiger partial charge is 0.257 e. The van der Waals surface area contributed by atoms with Crippen LogP contribution in [0.15, 0.2) is 18.3 Å². The first-order valence-electron chi connectivity index (χ1n) is 6.96. The van der Waals surface area contributed by atoms with Crippen LogP contribution >= 0.6 is 11.3 Å². The third-order valence-electron chi connectivity index (χ3n) is 3.61. The number of carbonyl (C=O) groups is 1. The molecule has 2 heterocycles. The van der Waals surface area contributed by atoms with Crippen molar-refractivity contribution in [3.63, 3.8) is 0 Å². The summed E-state index contributed by atoms with van der Waals surface area (Å²) in [5.41, 5.74) is 0.218. The Morgan fingerprint density at radius 2 is 2.19 bits per heavy atom. The standard InChI is InChI=1S/C14H15FN4OS/c15-11-8-10(5-6-16-11)13(20)17-14-19-18-12(21-14)7-9-3-1-2-4-9/h5-6,8-9H,1-4,7H2,(H,17,19,20). The zero-order chi connectivity index (χ0) is 14.7. The Morgan fingerprint density at radius 1 is 1.38 bits per heavy atom. The summed E-state index contributed by atoms with van der Waals surface area (Å²) < 4.78 is 13.0. The van der Waals surface area contributed by atoms with Crippen molar-refractivity contribution in [2.24, 2.45) is 5.92 Å². The molecule has 21 heavy (non-hydrogen) atoms. The minimum atomic E-state index is -0.679. The van der Waals surface area contributed by atoms with Gasteiger partial charge >= 0.3 is 0 Å². The van der Waals surface area contributed by atoms with Gasteiger partial charge in [0.2, 0.25) is 11.1 Å². The van der Waals surface area contributed by atoms with Crippen molar-refractivity contribution in [1.82, 2.24) is 15.2 Å². The second-order valence-electron chi connectivity index (χ2n) is 5.18. The van der Waals surface area contributed by atoms with E-state index in [1.165, 1.54) is 49.3 Å². The number of halogens is 1. The van der Waals surface area contributed by atoms with Crippen LogP contribution in [0.4, 0.5) is 9.52 Å². The molecule has 0 bridgehead atoms. The Balaban J connectivity index is 1.62. The molecule has 0 aliphatic heterocycles. The van der Waals surface area contributed by atoms with Gasteiger partial charge in [0.25, 0.3) is 5.91 Å². The molecule has 1 aliphatic rings. The summed E-state index contributed by atoms with van der Waals surface area (Å²) in [6.07, 6.45) is 7.27. The van der Waals surface area contributed by atoms with Crippen LogP contribution in [0.5, 0.6) is 0 Å². The monoisotopic (exact) mass is 306 g/mol. The fourth-order valence-corrected chi connectivity index (χ4v) is 3.41. The minimum Gasteiger partial charge on any atom is -0.296 e. The molecule has 1 amide bonds. The average Bonchev–Trinajstić information content (AvgIpc) is 3.11. The van der Waals surface area contributed by atoms with Crippen LogP contribution < -0.4 is 5.32 Å². The van der Waals surface area contributed by atoms with Crippen molar-refractivity contribution in [1.29, 1.82) is 0 Å². The second-order valence-corrected chi connectivity index (χ2v) is 6.24. The third-order valence-corrected chi connectivity index (χ3v) is 4.48. The highest BCUT2D eigenvalue weighted by atomic mass is 32.1. The molecule has 0 atom stereocenters. The maximum atomic E-state index is 13.0. The van der Waals surface area contributed by atoms with Gasteiger partial charge < -0.3 is 0 Å². The first-order valence-corrected chi connectivity index (χ1v) is 7.77. The number of amides is 1. The van der Waals surface area contributed by atoms with Gasteiger partial charge in [-0.15, -0.1) is 10.2 Å². The summed E-state index contributed by atoms with van der Waals surface area (Å²) in [7, 11) is 0. The lowest BCUT2D eigenvalue weighted by atomic mass is 10.1. The summed E-state index contributed by atoms with van der Waals surface area (Å²) in [4.78, 5) is 15.4. The van der Waals surface area contributed by atoms with Crippen LogP contribution in [0.25, 0.3) is 0 Å². The van der Waals surface area contributed by atoms with Crippen LogP contribution in [0.3, 0.4) is 0 Å². The normalized spacial score (nSPS) is 15.3. The molecule has 7 heteroatoms. The Labute approximate surface area is 125 Å². The van der Waals surface area contributed by atoms with Crippen molar-refractivity contribution >= 4 is 22.4 Å². The summed E-state index contributed by atoms with van der Waals surface area (Å²) >= 11 is 1.38. The highest BCUT2D eigenvalue weighted by molar-refractivity contribution is 7.15. The quantitative estimate of drug-likeness (QED) is 0.882. The van der Waals surface area contributed by atoms with Gasteiger partial charge in [-0.2, -0.15) is 4.39 Å². The predicted molar refractivity (Wildman–Crippen MR) is 77.7 cm³/mol. The Bertz CT molecular complexity index is 639.